The lowest BCUT2D eigenvalue weighted by Crippen LogP contribution is -2.18. The average molecular weight is 258 g/mol. The van der Waals surface area contributed by atoms with Crippen molar-refractivity contribution in [3.05, 3.63) is 55.9 Å². The number of allylic oxidation sites excluding steroid dienone is 2. The van der Waals surface area contributed by atoms with Crippen molar-refractivity contribution in [1.82, 2.24) is 0 Å². The summed E-state index contributed by atoms with van der Waals surface area (Å²) in [4.78, 5) is 14.2. The van der Waals surface area contributed by atoms with Gasteiger partial charge in [0, 0.05) is 27.3 Å². The van der Waals surface area contributed by atoms with Crippen molar-refractivity contribution in [3.8, 4) is 0 Å². The normalized spacial score (nSPS) is 19.9. The minimum atomic E-state index is 0.201. The molecule has 3 heteroatoms. The highest BCUT2D eigenvalue weighted by Crippen LogP contribution is 2.33. The van der Waals surface area contributed by atoms with E-state index in [0.717, 1.165) is 27.3 Å². The summed E-state index contributed by atoms with van der Waals surface area (Å²) in [5.74, 6) is 0.201. The first-order valence-electron chi connectivity index (χ1n) is 5.36. The van der Waals surface area contributed by atoms with E-state index in [-0.39, 0.29) is 5.78 Å². The number of rotatable bonds is 2. The van der Waals surface area contributed by atoms with E-state index in [0.29, 0.717) is 0 Å². The topological polar surface area (TPSA) is 17.1 Å². The van der Waals surface area contributed by atoms with Crippen LogP contribution in [0, 0.1) is 0 Å². The molecule has 84 valence electrons. The van der Waals surface area contributed by atoms with E-state index in [9.17, 15) is 4.79 Å². The van der Waals surface area contributed by atoms with Crippen LogP contribution in [-0.4, -0.2) is 5.78 Å². The van der Waals surface area contributed by atoms with Crippen molar-refractivity contribution in [2.75, 3.05) is 0 Å². The number of Topliss-reactive ketones (excluding diaryl/α,β-unsaturated/α-hetero) is 1. The molecule has 0 unspecified atom stereocenters. The Morgan fingerprint density at radius 2 is 1.47 bits per heavy atom. The van der Waals surface area contributed by atoms with Gasteiger partial charge in [-0.1, -0.05) is 12.1 Å². The highest BCUT2D eigenvalue weighted by molar-refractivity contribution is 7.11. The van der Waals surface area contributed by atoms with Crippen LogP contribution in [0.25, 0.3) is 12.2 Å². The predicted molar refractivity (Wildman–Crippen MR) is 74.2 cm³/mol. The molecule has 0 saturated heterocycles. The van der Waals surface area contributed by atoms with Gasteiger partial charge < -0.3 is 0 Å². The van der Waals surface area contributed by atoms with E-state index in [1.807, 2.05) is 47.2 Å². The standard InChI is InChI=1S/C14H10OS2/c15-14-10(8-12-3-1-5-16-12)7-11(14)9-13-4-2-6-17-13/h1-6,8-9H,7H2/b10-8-,11-9+. The van der Waals surface area contributed by atoms with Gasteiger partial charge in [0.2, 0.25) is 0 Å². The third kappa shape index (κ3) is 2.16. The van der Waals surface area contributed by atoms with Gasteiger partial charge in [0.25, 0.3) is 0 Å². The van der Waals surface area contributed by atoms with Crippen molar-refractivity contribution in [1.29, 1.82) is 0 Å². The summed E-state index contributed by atoms with van der Waals surface area (Å²) in [7, 11) is 0. The van der Waals surface area contributed by atoms with Crippen LogP contribution in [0.2, 0.25) is 0 Å². The maximum atomic E-state index is 11.9. The first kappa shape index (κ1) is 10.7. The van der Waals surface area contributed by atoms with Gasteiger partial charge in [-0.25, -0.2) is 0 Å². The summed E-state index contributed by atoms with van der Waals surface area (Å²) in [6, 6.07) is 8.07. The van der Waals surface area contributed by atoms with Crippen molar-refractivity contribution < 1.29 is 4.79 Å². The zero-order valence-corrected chi connectivity index (χ0v) is 10.7. The second-order valence-corrected chi connectivity index (χ2v) is 5.83. The van der Waals surface area contributed by atoms with Crippen molar-refractivity contribution >= 4 is 40.6 Å². The maximum absolute atomic E-state index is 11.9. The molecule has 0 spiro atoms. The van der Waals surface area contributed by atoms with Gasteiger partial charge in [-0.3, -0.25) is 4.79 Å². The Labute approximate surface area is 108 Å². The first-order chi connectivity index (χ1) is 8.33. The van der Waals surface area contributed by atoms with Crippen LogP contribution in [0.1, 0.15) is 16.2 Å². The molecule has 0 bridgehead atoms. The van der Waals surface area contributed by atoms with Gasteiger partial charge >= 0.3 is 0 Å². The molecule has 0 aliphatic heterocycles. The minimum absolute atomic E-state index is 0.201. The van der Waals surface area contributed by atoms with Crippen LogP contribution in [-0.2, 0) is 4.79 Å². The van der Waals surface area contributed by atoms with Gasteiger partial charge in [0.05, 0.1) is 0 Å². The zero-order valence-electron chi connectivity index (χ0n) is 9.05. The van der Waals surface area contributed by atoms with Crippen molar-refractivity contribution in [3.63, 3.8) is 0 Å². The molecule has 0 N–H and O–H groups in total. The number of hydrogen-bond acceptors (Lipinski definition) is 3. The zero-order chi connectivity index (χ0) is 11.7. The fraction of sp³-hybridized carbons (Fsp3) is 0.0714. The molecule has 1 aliphatic rings. The molecule has 0 radical (unpaired) electrons. The van der Waals surface area contributed by atoms with Crippen molar-refractivity contribution in [2.45, 2.75) is 6.42 Å². The third-order valence-corrected chi connectivity index (χ3v) is 4.32. The van der Waals surface area contributed by atoms with Crippen LogP contribution in [0.15, 0.2) is 46.2 Å². The quantitative estimate of drug-likeness (QED) is 0.736. The Hall–Kier alpha value is -1.45. The van der Waals surface area contributed by atoms with E-state index in [1.165, 1.54) is 0 Å². The highest BCUT2D eigenvalue weighted by atomic mass is 32.1. The van der Waals surface area contributed by atoms with Crippen molar-refractivity contribution in [2.24, 2.45) is 0 Å². The molecule has 2 aromatic rings. The molecule has 3 rings (SSSR count). The van der Waals surface area contributed by atoms with Crippen LogP contribution in [0.5, 0.6) is 0 Å². The fourth-order valence-electron chi connectivity index (χ4n) is 1.79. The Balaban J connectivity index is 1.78. The third-order valence-electron chi connectivity index (χ3n) is 2.68. The second kappa shape index (κ2) is 4.43. The SMILES string of the molecule is O=C1/C(=C\c2cccs2)C/C1=C\c1cccs1. The predicted octanol–water partition coefficient (Wildman–Crippen LogP) is 4.25. The maximum Gasteiger partial charge on any atom is 0.185 e. The molecule has 2 heterocycles. The fourth-order valence-corrected chi connectivity index (χ4v) is 3.15. The minimum Gasteiger partial charge on any atom is -0.289 e. The molecular formula is C14H10OS2. The Kier molecular flexibility index (Phi) is 2.79. The summed E-state index contributed by atoms with van der Waals surface area (Å²) in [5.41, 5.74) is 1.85. The van der Waals surface area contributed by atoms with Gasteiger partial charge in [-0.2, -0.15) is 0 Å². The van der Waals surface area contributed by atoms with Gasteiger partial charge in [0.1, 0.15) is 0 Å². The van der Waals surface area contributed by atoms with E-state index in [4.69, 9.17) is 0 Å². The Morgan fingerprint density at radius 1 is 0.941 bits per heavy atom. The lowest BCUT2D eigenvalue weighted by atomic mass is 9.83. The number of ketones is 1. The summed E-state index contributed by atoms with van der Waals surface area (Å²) in [6.07, 6.45) is 4.80. The molecule has 1 nitrogen and oxygen atoms in total. The second-order valence-electron chi connectivity index (χ2n) is 3.88. The molecule has 17 heavy (non-hydrogen) atoms. The summed E-state index contributed by atoms with van der Waals surface area (Å²) >= 11 is 3.33. The Bertz CT molecular complexity index is 534. The molecule has 1 fully saturated rings. The molecule has 2 aromatic heterocycles. The van der Waals surface area contributed by atoms with Crippen LogP contribution in [0.4, 0.5) is 0 Å². The highest BCUT2D eigenvalue weighted by Gasteiger charge is 2.27. The molecule has 1 aliphatic carbocycles. The molecular weight excluding hydrogens is 248 g/mol. The van der Waals surface area contributed by atoms with Gasteiger partial charge in [-0.05, 0) is 35.0 Å². The van der Waals surface area contributed by atoms with E-state index >= 15 is 0 Å². The van der Waals surface area contributed by atoms with Gasteiger partial charge in [-0.15, -0.1) is 22.7 Å². The summed E-state index contributed by atoms with van der Waals surface area (Å²) in [5, 5.41) is 4.05. The molecule has 0 aromatic carbocycles. The summed E-state index contributed by atoms with van der Waals surface area (Å²) in [6.45, 7) is 0. The molecule has 1 saturated carbocycles. The number of carbonyl (C=O) groups is 1. The number of thiophene rings is 2. The largest absolute Gasteiger partial charge is 0.289 e. The smallest absolute Gasteiger partial charge is 0.185 e. The van der Waals surface area contributed by atoms with E-state index < -0.39 is 0 Å². The van der Waals surface area contributed by atoms with E-state index in [2.05, 4.69) is 0 Å². The monoisotopic (exact) mass is 258 g/mol. The summed E-state index contributed by atoms with van der Waals surface area (Å²) < 4.78 is 0. The van der Waals surface area contributed by atoms with Crippen LogP contribution < -0.4 is 0 Å². The molecule has 0 amide bonds. The first-order valence-corrected chi connectivity index (χ1v) is 7.12. The number of carbonyl (C=O) groups excluding carboxylic acids is 1. The Morgan fingerprint density at radius 3 is 1.82 bits per heavy atom. The lowest BCUT2D eigenvalue weighted by Gasteiger charge is -2.19. The van der Waals surface area contributed by atoms with E-state index in [1.54, 1.807) is 22.7 Å². The van der Waals surface area contributed by atoms with Crippen LogP contribution >= 0.6 is 22.7 Å². The van der Waals surface area contributed by atoms with Crippen LogP contribution in [0.3, 0.4) is 0 Å². The lowest BCUT2D eigenvalue weighted by molar-refractivity contribution is -0.114. The number of hydrogen-bond donors (Lipinski definition) is 0. The van der Waals surface area contributed by atoms with Gasteiger partial charge in [0.15, 0.2) is 5.78 Å². The average Bonchev–Trinajstić information content (AvgIpc) is 2.99. The molecule has 0 atom stereocenters.